The zero-order valence-corrected chi connectivity index (χ0v) is 18.5. The van der Waals surface area contributed by atoms with E-state index in [1.807, 2.05) is 0 Å². The highest BCUT2D eigenvalue weighted by Crippen LogP contribution is 2.39. The smallest absolute Gasteiger partial charge is 0.416 e. The monoisotopic (exact) mass is 505 g/mol. The maximum atomic E-state index is 14.8. The first-order valence-corrected chi connectivity index (χ1v) is 10.5. The van der Waals surface area contributed by atoms with Crippen LogP contribution in [0.25, 0.3) is 16.9 Å². The van der Waals surface area contributed by atoms with Crippen molar-refractivity contribution in [2.45, 2.75) is 19.7 Å². The number of ether oxygens (including phenoxy) is 1. The molecule has 0 amide bonds. The van der Waals surface area contributed by atoms with Crippen molar-refractivity contribution >= 4 is 5.97 Å². The number of hydrogen-bond acceptors (Lipinski definition) is 2. The van der Waals surface area contributed by atoms with Crippen LogP contribution in [-0.2, 0) is 12.8 Å². The van der Waals surface area contributed by atoms with Gasteiger partial charge in [0.25, 0.3) is 0 Å². The zero-order chi connectivity index (χ0) is 26.2. The van der Waals surface area contributed by atoms with Crippen LogP contribution in [0.15, 0.2) is 66.7 Å². The highest BCUT2D eigenvalue weighted by atomic mass is 19.4. The fraction of sp³-hybridized carbons (Fsp3) is 0.115. The third-order valence-electron chi connectivity index (χ3n) is 5.49. The number of aryl methyl sites for hydroxylation is 1. The lowest BCUT2D eigenvalue weighted by molar-refractivity contribution is -0.137. The molecular formula is C26H17F6NO3. The molecule has 0 unspecified atom stereocenters. The standard InChI is InChI=1S/C26H17F6NO3/c1-14-2-8-22(33(14)23-10-15(25(34)35)4-7-20(23)28)19-11-17(26(30,31)32)5-9-24(19)36-13-16-3-6-18(27)12-21(16)29/h2-12H,13H2,1H3,(H,34,35). The zero-order valence-electron chi connectivity index (χ0n) is 18.5. The van der Waals surface area contributed by atoms with Gasteiger partial charge in [-0.2, -0.15) is 13.2 Å². The molecule has 4 rings (SSSR count). The molecule has 1 heterocycles. The molecule has 0 fully saturated rings. The number of carbonyl (C=O) groups is 1. The van der Waals surface area contributed by atoms with E-state index in [1.165, 1.54) is 16.7 Å². The van der Waals surface area contributed by atoms with E-state index in [4.69, 9.17) is 4.74 Å². The molecule has 0 saturated carbocycles. The minimum absolute atomic E-state index is 0.0333. The Hall–Kier alpha value is -4.21. The second-order valence-corrected chi connectivity index (χ2v) is 7.90. The van der Waals surface area contributed by atoms with Crippen molar-refractivity contribution in [2.24, 2.45) is 0 Å². The van der Waals surface area contributed by atoms with Gasteiger partial charge in [0.15, 0.2) is 0 Å². The molecule has 1 N–H and O–H groups in total. The number of hydrogen-bond donors (Lipinski definition) is 1. The van der Waals surface area contributed by atoms with Crippen molar-refractivity contribution in [2.75, 3.05) is 0 Å². The molecule has 0 aliphatic carbocycles. The predicted octanol–water partition coefficient (Wildman–Crippen LogP) is 7.17. The molecule has 10 heteroatoms. The van der Waals surface area contributed by atoms with Gasteiger partial charge in [-0.1, -0.05) is 0 Å². The number of alkyl halides is 3. The second-order valence-electron chi connectivity index (χ2n) is 7.90. The average molecular weight is 505 g/mol. The van der Waals surface area contributed by atoms with Crippen molar-refractivity contribution in [3.8, 4) is 22.7 Å². The Balaban J connectivity index is 1.86. The van der Waals surface area contributed by atoms with Crippen molar-refractivity contribution in [1.29, 1.82) is 0 Å². The second kappa shape index (κ2) is 9.44. The van der Waals surface area contributed by atoms with Crippen LogP contribution in [0.1, 0.15) is 27.2 Å². The molecule has 186 valence electrons. The van der Waals surface area contributed by atoms with Crippen LogP contribution in [-0.4, -0.2) is 15.6 Å². The predicted molar refractivity (Wildman–Crippen MR) is 119 cm³/mol. The fourth-order valence-electron chi connectivity index (χ4n) is 3.71. The Labute approximate surface area is 201 Å². The number of carboxylic acid groups (broad SMARTS) is 1. The lowest BCUT2D eigenvalue weighted by Gasteiger charge is -2.18. The summed E-state index contributed by atoms with van der Waals surface area (Å²) in [6, 6.07) is 11.5. The van der Waals surface area contributed by atoms with E-state index >= 15 is 0 Å². The molecule has 0 saturated heterocycles. The van der Waals surface area contributed by atoms with Gasteiger partial charge in [0.05, 0.1) is 22.5 Å². The molecule has 4 aromatic rings. The van der Waals surface area contributed by atoms with Crippen molar-refractivity contribution < 1.29 is 41.0 Å². The van der Waals surface area contributed by atoms with E-state index in [0.717, 1.165) is 48.5 Å². The van der Waals surface area contributed by atoms with Gasteiger partial charge in [0.2, 0.25) is 0 Å². The van der Waals surface area contributed by atoms with E-state index < -0.39 is 41.8 Å². The Morgan fingerprint density at radius 3 is 2.33 bits per heavy atom. The molecule has 0 atom stereocenters. The van der Waals surface area contributed by atoms with Gasteiger partial charge in [-0.25, -0.2) is 18.0 Å². The third kappa shape index (κ3) is 4.93. The third-order valence-corrected chi connectivity index (χ3v) is 5.49. The van der Waals surface area contributed by atoms with Crippen LogP contribution in [0.5, 0.6) is 5.75 Å². The highest BCUT2D eigenvalue weighted by Gasteiger charge is 2.32. The maximum Gasteiger partial charge on any atom is 0.416 e. The van der Waals surface area contributed by atoms with E-state index in [2.05, 4.69) is 0 Å². The first-order valence-electron chi connectivity index (χ1n) is 10.5. The quantitative estimate of drug-likeness (QED) is 0.283. The van der Waals surface area contributed by atoms with E-state index in [1.54, 1.807) is 6.92 Å². The normalized spacial score (nSPS) is 11.5. The number of rotatable bonds is 6. The Bertz CT molecular complexity index is 1460. The number of aromatic carboxylic acids is 1. The lowest BCUT2D eigenvalue weighted by atomic mass is 10.1. The van der Waals surface area contributed by atoms with Crippen LogP contribution in [0, 0.1) is 24.4 Å². The lowest BCUT2D eigenvalue weighted by Crippen LogP contribution is -2.09. The minimum atomic E-state index is -4.71. The van der Waals surface area contributed by atoms with Crippen molar-refractivity contribution in [1.82, 2.24) is 4.57 Å². The Kier molecular flexibility index (Phi) is 6.53. The van der Waals surface area contributed by atoms with Crippen LogP contribution in [0.2, 0.25) is 0 Å². The van der Waals surface area contributed by atoms with Crippen LogP contribution in [0.3, 0.4) is 0 Å². The molecule has 0 spiro atoms. The number of halogens is 6. The van der Waals surface area contributed by atoms with Gasteiger partial charge in [0, 0.05) is 22.9 Å². The summed E-state index contributed by atoms with van der Waals surface area (Å²) < 4.78 is 89.6. The number of nitrogens with zero attached hydrogens (tertiary/aromatic N) is 1. The van der Waals surface area contributed by atoms with E-state index in [9.17, 15) is 36.2 Å². The molecule has 4 nitrogen and oxygen atoms in total. The minimum Gasteiger partial charge on any atom is -0.488 e. The van der Waals surface area contributed by atoms with Gasteiger partial charge in [-0.05, 0) is 67.6 Å². The number of benzene rings is 3. The summed E-state index contributed by atoms with van der Waals surface area (Å²) in [5, 5.41) is 9.31. The van der Waals surface area contributed by atoms with Crippen molar-refractivity contribution in [3.63, 3.8) is 0 Å². The number of aromatic nitrogens is 1. The number of carboxylic acids is 1. The van der Waals surface area contributed by atoms with Gasteiger partial charge in [-0.3, -0.25) is 0 Å². The van der Waals surface area contributed by atoms with Gasteiger partial charge >= 0.3 is 12.1 Å². The first kappa shape index (κ1) is 24.9. The molecule has 36 heavy (non-hydrogen) atoms. The molecule has 3 aromatic carbocycles. The maximum absolute atomic E-state index is 14.8. The summed E-state index contributed by atoms with van der Waals surface area (Å²) in [4.78, 5) is 11.4. The van der Waals surface area contributed by atoms with Crippen LogP contribution in [0.4, 0.5) is 26.3 Å². The van der Waals surface area contributed by atoms with E-state index in [0.29, 0.717) is 11.8 Å². The van der Waals surface area contributed by atoms with Gasteiger partial charge in [0.1, 0.15) is 29.8 Å². The Morgan fingerprint density at radius 1 is 0.917 bits per heavy atom. The van der Waals surface area contributed by atoms with Gasteiger partial charge < -0.3 is 14.4 Å². The summed E-state index contributed by atoms with van der Waals surface area (Å²) in [6.45, 7) is 1.14. The Morgan fingerprint density at radius 2 is 1.67 bits per heavy atom. The largest absolute Gasteiger partial charge is 0.488 e. The molecule has 0 bridgehead atoms. The topological polar surface area (TPSA) is 51.5 Å². The van der Waals surface area contributed by atoms with Gasteiger partial charge in [-0.15, -0.1) is 0 Å². The molecule has 0 aliphatic rings. The first-order chi connectivity index (χ1) is 17.0. The molecule has 1 aromatic heterocycles. The average Bonchev–Trinajstić information content (AvgIpc) is 3.19. The SMILES string of the molecule is Cc1ccc(-c2cc(C(F)(F)F)ccc2OCc2ccc(F)cc2F)n1-c1cc(C(=O)O)ccc1F. The fourth-order valence-corrected chi connectivity index (χ4v) is 3.71. The van der Waals surface area contributed by atoms with Crippen molar-refractivity contribution in [3.05, 3.63) is 107 Å². The van der Waals surface area contributed by atoms with E-state index in [-0.39, 0.29) is 33.8 Å². The molecule has 0 aliphatic heterocycles. The molecular weight excluding hydrogens is 488 g/mol. The molecule has 0 radical (unpaired) electrons. The summed E-state index contributed by atoms with van der Waals surface area (Å²) in [6.07, 6.45) is -4.71. The summed E-state index contributed by atoms with van der Waals surface area (Å²) in [5.74, 6) is -3.89. The highest BCUT2D eigenvalue weighted by molar-refractivity contribution is 5.88. The summed E-state index contributed by atoms with van der Waals surface area (Å²) >= 11 is 0. The van der Waals surface area contributed by atoms with Crippen LogP contribution < -0.4 is 4.74 Å². The van der Waals surface area contributed by atoms with Crippen LogP contribution >= 0.6 is 0 Å². The summed E-state index contributed by atoms with van der Waals surface area (Å²) in [7, 11) is 0. The summed E-state index contributed by atoms with van der Waals surface area (Å²) in [5.41, 5.74) is -1.08.